The second-order valence-corrected chi connectivity index (χ2v) is 7.09. The third-order valence-electron chi connectivity index (χ3n) is 5.69. The van der Waals surface area contributed by atoms with E-state index in [2.05, 4.69) is 79.4 Å². The molecule has 0 unspecified atom stereocenters. The van der Waals surface area contributed by atoms with Crippen LogP contribution in [0.3, 0.4) is 0 Å². The summed E-state index contributed by atoms with van der Waals surface area (Å²) in [6, 6.07) is 22.4. The molecule has 0 atom stereocenters. The Morgan fingerprint density at radius 2 is 1.32 bits per heavy atom. The normalized spacial score (nSPS) is 17.2. The van der Waals surface area contributed by atoms with Crippen LogP contribution in [0.4, 0.5) is 0 Å². The molecule has 0 bridgehead atoms. The molecule has 0 aliphatic carbocycles. The zero-order valence-electron chi connectivity index (χ0n) is 15.6. The molecule has 1 aliphatic heterocycles. The first-order valence-corrected chi connectivity index (χ1v) is 9.47. The van der Waals surface area contributed by atoms with Gasteiger partial charge in [-0.15, -0.1) is 0 Å². The summed E-state index contributed by atoms with van der Waals surface area (Å²) in [4.78, 5) is 2.69. The minimum Gasteiger partial charge on any atom is -1.00 e. The van der Waals surface area contributed by atoms with E-state index >= 15 is 0 Å². The van der Waals surface area contributed by atoms with Gasteiger partial charge in [0.05, 0.1) is 32.2 Å². The predicted molar refractivity (Wildman–Crippen MR) is 102 cm³/mol. The monoisotopic (exact) mass is 450 g/mol. The Labute approximate surface area is 170 Å². The molecule has 2 aromatic rings. The molecule has 0 radical (unpaired) electrons. The zero-order chi connectivity index (χ0) is 16.8. The van der Waals surface area contributed by atoms with Gasteiger partial charge in [-0.3, -0.25) is 4.90 Å². The molecular weight excluding hydrogens is 419 g/mol. The predicted octanol–water partition coefficient (Wildman–Crippen LogP) is 1.34. The summed E-state index contributed by atoms with van der Waals surface area (Å²) in [5.41, 5.74) is 2.83. The molecule has 1 aliphatic rings. The smallest absolute Gasteiger partial charge is 0.0916 e. The lowest BCUT2D eigenvalue weighted by molar-refractivity contribution is -0.930. The Hall–Kier alpha value is -0.910. The molecule has 2 aromatic carbocycles. The van der Waals surface area contributed by atoms with Crippen molar-refractivity contribution in [3.63, 3.8) is 0 Å². The number of halogens is 1. The molecular formula is C22H31IN2. The second-order valence-electron chi connectivity index (χ2n) is 7.09. The van der Waals surface area contributed by atoms with E-state index in [1.165, 1.54) is 61.3 Å². The Bertz CT molecular complexity index is 567. The molecule has 0 N–H and O–H groups in total. The van der Waals surface area contributed by atoms with Gasteiger partial charge in [0, 0.05) is 13.1 Å². The first-order valence-electron chi connectivity index (χ1n) is 9.47. The van der Waals surface area contributed by atoms with Gasteiger partial charge in [0.1, 0.15) is 0 Å². The third-order valence-corrected chi connectivity index (χ3v) is 5.69. The van der Waals surface area contributed by atoms with Crippen LogP contribution in [0.15, 0.2) is 60.7 Å². The number of benzene rings is 2. The molecule has 0 amide bonds. The maximum Gasteiger partial charge on any atom is 0.0916 e. The van der Waals surface area contributed by atoms with Crippen molar-refractivity contribution in [2.45, 2.75) is 26.3 Å². The molecule has 25 heavy (non-hydrogen) atoms. The van der Waals surface area contributed by atoms with E-state index < -0.39 is 0 Å². The molecule has 3 rings (SSSR count). The highest BCUT2D eigenvalue weighted by Gasteiger charge is 2.34. The van der Waals surface area contributed by atoms with E-state index in [1.807, 2.05) is 0 Å². The van der Waals surface area contributed by atoms with Gasteiger partial charge >= 0.3 is 0 Å². The van der Waals surface area contributed by atoms with Gasteiger partial charge in [-0.2, -0.15) is 0 Å². The number of nitrogens with zero attached hydrogens (tertiary/aromatic N) is 2. The third kappa shape index (κ3) is 4.83. The number of rotatable bonds is 6. The Morgan fingerprint density at radius 1 is 0.840 bits per heavy atom. The number of quaternary nitrogens is 1. The van der Waals surface area contributed by atoms with Crippen molar-refractivity contribution in [2.75, 3.05) is 39.3 Å². The van der Waals surface area contributed by atoms with Gasteiger partial charge in [-0.05, 0) is 24.5 Å². The molecule has 136 valence electrons. The SMILES string of the molecule is CCC[N+]1(CC)CCN(C(c2ccccc2)c2ccccc2)CC1.[I-]. The van der Waals surface area contributed by atoms with Crippen molar-refractivity contribution in [2.24, 2.45) is 0 Å². The van der Waals surface area contributed by atoms with E-state index in [1.54, 1.807) is 0 Å². The van der Waals surface area contributed by atoms with Gasteiger partial charge in [0.15, 0.2) is 0 Å². The summed E-state index contributed by atoms with van der Waals surface area (Å²) in [5.74, 6) is 0. The average Bonchev–Trinajstić information content (AvgIpc) is 2.65. The highest BCUT2D eigenvalue weighted by Crippen LogP contribution is 2.30. The molecule has 1 heterocycles. The van der Waals surface area contributed by atoms with Crippen LogP contribution in [-0.4, -0.2) is 48.7 Å². The van der Waals surface area contributed by atoms with Gasteiger partial charge in [0.25, 0.3) is 0 Å². The van der Waals surface area contributed by atoms with Crippen molar-refractivity contribution in [1.29, 1.82) is 0 Å². The van der Waals surface area contributed by atoms with Crippen LogP contribution < -0.4 is 24.0 Å². The minimum absolute atomic E-state index is 0. The van der Waals surface area contributed by atoms with Crippen LogP contribution in [0.1, 0.15) is 37.4 Å². The van der Waals surface area contributed by atoms with Crippen molar-refractivity contribution < 1.29 is 28.5 Å². The van der Waals surface area contributed by atoms with Gasteiger partial charge in [0.2, 0.25) is 0 Å². The molecule has 1 saturated heterocycles. The molecule has 0 saturated carbocycles. The fourth-order valence-corrected chi connectivity index (χ4v) is 4.22. The topological polar surface area (TPSA) is 3.24 Å². The lowest BCUT2D eigenvalue weighted by atomic mass is 9.96. The Kier molecular flexibility index (Phi) is 7.91. The van der Waals surface area contributed by atoms with Crippen LogP contribution in [0.5, 0.6) is 0 Å². The van der Waals surface area contributed by atoms with E-state index in [9.17, 15) is 0 Å². The molecule has 0 aromatic heterocycles. The van der Waals surface area contributed by atoms with E-state index in [0.717, 1.165) is 0 Å². The van der Waals surface area contributed by atoms with Crippen LogP contribution in [-0.2, 0) is 0 Å². The van der Waals surface area contributed by atoms with Crippen molar-refractivity contribution in [1.82, 2.24) is 4.90 Å². The number of piperazine rings is 1. The van der Waals surface area contributed by atoms with Crippen LogP contribution in [0.25, 0.3) is 0 Å². The van der Waals surface area contributed by atoms with E-state index in [4.69, 9.17) is 0 Å². The van der Waals surface area contributed by atoms with Crippen molar-refractivity contribution >= 4 is 0 Å². The standard InChI is InChI=1S/C22H31N2.HI/c1-3-17-24(4-2)18-15-23(16-19-24)22(20-11-7-5-8-12-20)21-13-9-6-10-14-21;/h5-14,22H,3-4,15-19H2,1-2H3;1H/q+1;/p-1. The second kappa shape index (κ2) is 9.70. The van der Waals surface area contributed by atoms with Gasteiger partial charge in [-0.25, -0.2) is 0 Å². The highest BCUT2D eigenvalue weighted by molar-refractivity contribution is 5.31. The minimum atomic E-state index is 0. The first kappa shape index (κ1) is 20.4. The quantitative estimate of drug-likeness (QED) is 0.475. The van der Waals surface area contributed by atoms with Gasteiger partial charge < -0.3 is 28.5 Å². The summed E-state index contributed by atoms with van der Waals surface area (Å²) in [5, 5.41) is 0. The fraction of sp³-hybridized carbons (Fsp3) is 0.455. The van der Waals surface area contributed by atoms with Crippen LogP contribution in [0.2, 0.25) is 0 Å². The zero-order valence-corrected chi connectivity index (χ0v) is 17.7. The molecule has 0 spiro atoms. The molecule has 2 nitrogen and oxygen atoms in total. The van der Waals surface area contributed by atoms with E-state index in [-0.39, 0.29) is 24.0 Å². The molecule has 3 heteroatoms. The average molecular weight is 450 g/mol. The Balaban J connectivity index is 0.00000225. The van der Waals surface area contributed by atoms with Crippen molar-refractivity contribution in [3.05, 3.63) is 71.8 Å². The first-order chi connectivity index (χ1) is 11.8. The van der Waals surface area contributed by atoms with Crippen molar-refractivity contribution in [3.8, 4) is 0 Å². The number of hydrogen-bond donors (Lipinski definition) is 0. The Morgan fingerprint density at radius 3 is 1.72 bits per heavy atom. The van der Waals surface area contributed by atoms with E-state index in [0.29, 0.717) is 6.04 Å². The number of hydrogen-bond acceptors (Lipinski definition) is 1. The van der Waals surface area contributed by atoms with Crippen LogP contribution in [0, 0.1) is 0 Å². The summed E-state index contributed by atoms with van der Waals surface area (Å²) in [7, 11) is 0. The summed E-state index contributed by atoms with van der Waals surface area (Å²) < 4.78 is 1.29. The maximum absolute atomic E-state index is 2.69. The fourth-order valence-electron chi connectivity index (χ4n) is 4.22. The summed E-state index contributed by atoms with van der Waals surface area (Å²) in [6.07, 6.45) is 1.29. The lowest BCUT2D eigenvalue weighted by Gasteiger charge is -2.46. The van der Waals surface area contributed by atoms with Crippen LogP contribution >= 0.6 is 0 Å². The number of likely N-dealkylation sites (N-methyl/N-ethyl adjacent to an activating group) is 1. The van der Waals surface area contributed by atoms with Gasteiger partial charge in [-0.1, -0.05) is 67.6 Å². The molecule has 1 fully saturated rings. The maximum atomic E-state index is 2.69. The largest absolute Gasteiger partial charge is 1.00 e. The summed E-state index contributed by atoms with van der Waals surface area (Å²) >= 11 is 0. The highest BCUT2D eigenvalue weighted by atomic mass is 127. The summed E-state index contributed by atoms with van der Waals surface area (Å²) in [6.45, 7) is 12.2. The lowest BCUT2D eigenvalue weighted by Crippen LogP contribution is -3.00.